The van der Waals surface area contributed by atoms with Crippen molar-refractivity contribution in [3.05, 3.63) is 41.9 Å². The van der Waals surface area contributed by atoms with Gasteiger partial charge in [0, 0.05) is 26.2 Å². The zero-order chi connectivity index (χ0) is 15.6. The highest BCUT2D eigenvalue weighted by Gasteiger charge is 2.23. The van der Waals surface area contributed by atoms with E-state index in [2.05, 4.69) is 20.9 Å². The number of anilines is 1. The van der Waals surface area contributed by atoms with E-state index in [0.717, 1.165) is 42.1 Å². The van der Waals surface area contributed by atoms with Crippen LogP contribution in [0.5, 0.6) is 0 Å². The third-order valence-electron chi connectivity index (χ3n) is 4.06. The average molecular weight is 328 g/mol. The summed E-state index contributed by atoms with van der Waals surface area (Å²) in [7, 11) is 0. The van der Waals surface area contributed by atoms with Gasteiger partial charge < -0.3 is 14.2 Å². The third-order valence-corrected chi connectivity index (χ3v) is 4.88. The van der Waals surface area contributed by atoms with E-state index in [1.54, 1.807) is 29.8 Å². The molecule has 0 bridgehead atoms. The summed E-state index contributed by atoms with van der Waals surface area (Å²) in [6.07, 6.45) is 4.05. The van der Waals surface area contributed by atoms with Crippen molar-refractivity contribution in [3.8, 4) is 0 Å². The number of hydrogen-bond acceptors (Lipinski definition) is 6. The van der Waals surface area contributed by atoms with Crippen molar-refractivity contribution in [3.63, 3.8) is 0 Å². The van der Waals surface area contributed by atoms with Gasteiger partial charge in [0.05, 0.1) is 11.6 Å². The molecule has 4 heterocycles. The Morgan fingerprint density at radius 1 is 1.17 bits per heavy atom. The van der Waals surface area contributed by atoms with E-state index in [0.29, 0.717) is 12.3 Å². The van der Waals surface area contributed by atoms with Crippen molar-refractivity contribution >= 4 is 33.3 Å². The number of hydrogen-bond donors (Lipinski definition) is 0. The number of rotatable bonds is 2. The lowest BCUT2D eigenvalue weighted by Gasteiger charge is -2.22. The van der Waals surface area contributed by atoms with Gasteiger partial charge in [-0.2, -0.15) is 0 Å². The third kappa shape index (κ3) is 2.68. The second kappa shape index (κ2) is 6.00. The predicted octanol–water partition coefficient (Wildman–Crippen LogP) is 2.64. The molecule has 0 aliphatic carbocycles. The number of furan rings is 1. The SMILES string of the molecule is O=C(c1ccco1)N1CCCN(c2ncnc3sccc23)CC1. The van der Waals surface area contributed by atoms with Gasteiger partial charge in [-0.1, -0.05) is 0 Å². The van der Waals surface area contributed by atoms with Crippen LogP contribution in [0.2, 0.25) is 0 Å². The van der Waals surface area contributed by atoms with Gasteiger partial charge in [0.1, 0.15) is 17.0 Å². The molecular formula is C16H16N4O2S. The van der Waals surface area contributed by atoms with E-state index >= 15 is 0 Å². The zero-order valence-electron chi connectivity index (χ0n) is 12.5. The monoisotopic (exact) mass is 328 g/mol. The first-order valence-electron chi connectivity index (χ1n) is 7.59. The first-order valence-corrected chi connectivity index (χ1v) is 8.47. The summed E-state index contributed by atoms with van der Waals surface area (Å²) < 4.78 is 5.22. The minimum atomic E-state index is -0.0415. The van der Waals surface area contributed by atoms with Crippen LogP contribution in [0, 0.1) is 0 Å². The molecule has 0 N–H and O–H groups in total. The Bertz CT molecular complexity index is 814. The molecule has 0 radical (unpaired) electrons. The largest absolute Gasteiger partial charge is 0.459 e. The van der Waals surface area contributed by atoms with Gasteiger partial charge in [0.2, 0.25) is 0 Å². The van der Waals surface area contributed by atoms with E-state index in [1.165, 1.54) is 6.26 Å². The molecule has 1 amide bonds. The van der Waals surface area contributed by atoms with Crippen LogP contribution in [-0.4, -0.2) is 47.0 Å². The van der Waals surface area contributed by atoms with Gasteiger partial charge in [-0.15, -0.1) is 11.3 Å². The highest BCUT2D eigenvalue weighted by atomic mass is 32.1. The van der Waals surface area contributed by atoms with Crippen molar-refractivity contribution in [2.75, 3.05) is 31.1 Å². The quantitative estimate of drug-likeness (QED) is 0.724. The van der Waals surface area contributed by atoms with Gasteiger partial charge in [-0.3, -0.25) is 4.79 Å². The van der Waals surface area contributed by atoms with Crippen molar-refractivity contribution in [2.24, 2.45) is 0 Å². The van der Waals surface area contributed by atoms with E-state index in [9.17, 15) is 4.79 Å². The molecule has 4 rings (SSSR count). The maximum Gasteiger partial charge on any atom is 0.289 e. The van der Waals surface area contributed by atoms with Gasteiger partial charge in [0.15, 0.2) is 5.76 Å². The van der Waals surface area contributed by atoms with Crippen molar-refractivity contribution in [1.82, 2.24) is 14.9 Å². The fourth-order valence-corrected chi connectivity index (χ4v) is 3.64. The molecule has 1 aliphatic rings. The van der Waals surface area contributed by atoms with Crippen molar-refractivity contribution in [1.29, 1.82) is 0 Å². The molecular weight excluding hydrogens is 312 g/mol. The number of thiophene rings is 1. The Kier molecular flexibility index (Phi) is 3.70. The summed E-state index contributed by atoms with van der Waals surface area (Å²) in [6.45, 7) is 3.03. The Morgan fingerprint density at radius 2 is 2.13 bits per heavy atom. The topological polar surface area (TPSA) is 62.5 Å². The second-order valence-electron chi connectivity index (χ2n) is 5.45. The average Bonchev–Trinajstić information content (AvgIpc) is 3.21. The maximum atomic E-state index is 12.4. The summed E-state index contributed by atoms with van der Waals surface area (Å²) in [5.74, 6) is 1.32. The van der Waals surface area contributed by atoms with Crippen LogP contribution >= 0.6 is 11.3 Å². The maximum absolute atomic E-state index is 12.4. The molecule has 118 valence electrons. The van der Waals surface area contributed by atoms with Crippen LogP contribution < -0.4 is 4.90 Å². The lowest BCUT2D eigenvalue weighted by atomic mass is 10.3. The van der Waals surface area contributed by atoms with Gasteiger partial charge in [-0.25, -0.2) is 9.97 Å². The minimum Gasteiger partial charge on any atom is -0.459 e. The fourth-order valence-electron chi connectivity index (χ4n) is 2.92. The van der Waals surface area contributed by atoms with E-state index < -0.39 is 0 Å². The molecule has 1 saturated heterocycles. The first-order chi connectivity index (χ1) is 11.3. The van der Waals surface area contributed by atoms with Crippen LogP contribution in [0.1, 0.15) is 17.0 Å². The standard InChI is InChI=1S/C16H16N4O2S/c21-16(13-3-1-9-22-13)20-6-2-5-19(7-8-20)14-12-4-10-23-15(12)18-11-17-14/h1,3-4,9-11H,2,5-8H2. The van der Waals surface area contributed by atoms with Gasteiger partial charge in [-0.05, 0) is 30.0 Å². The van der Waals surface area contributed by atoms with Crippen LogP contribution in [0.3, 0.4) is 0 Å². The summed E-state index contributed by atoms with van der Waals surface area (Å²) >= 11 is 1.62. The Morgan fingerprint density at radius 3 is 3.00 bits per heavy atom. The highest BCUT2D eigenvalue weighted by Crippen LogP contribution is 2.27. The van der Waals surface area contributed by atoms with E-state index in [4.69, 9.17) is 4.42 Å². The molecule has 1 aliphatic heterocycles. The lowest BCUT2D eigenvalue weighted by molar-refractivity contribution is 0.0735. The molecule has 0 saturated carbocycles. The number of aromatic nitrogens is 2. The van der Waals surface area contributed by atoms with Gasteiger partial charge in [0.25, 0.3) is 5.91 Å². The summed E-state index contributed by atoms with van der Waals surface area (Å²) in [5.41, 5.74) is 0. The number of amides is 1. The molecule has 0 atom stereocenters. The molecule has 0 spiro atoms. The lowest BCUT2D eigenvalue weighted by Crippen LogP contribution is -2.35. The zero-order valence-corrected chi connectivity index (χ0v) is 13.3. The smallest absolute Gasteiger partial charge is 0.289 e. The number of carbonyl (C=O) groups is 1. The highest BCUT2D eigenvalue weighted by molar-refractivity contribution is 7.16. The van der Waals surface area contributed by atoms with Crippen LogP contribution in [0.4, 0.5) is 5.82 Å². The second-order valence-corrected chi connectivity index (χ2v) is 6.34. The summed E-state index contributed by atoms with van der Waals surface area (Å²) in [4.78, 5) is 26.3. The predicted molar refractivity (Wildman–Crippen MR) is 88.9 cm³/mol. The van der Waals surface area contributed by atoms with Gasteiger partial charge >= 0.3 is 0 Å². The molecule has 1 fully saturated rings. The van der Waals surface area contributed by atoms with Crippen LogP contribution in [0.15, 0.2) is 40.6 Å². The molecule has 7 heteroatoms. The van der Waals surface area contributed by atoms with Crippen molar-refractivity contribution < 1.29 is 9.21 Å². The first kappa shape index (κ1) is 14.2. The Balaban J connectivity index is 1.53. The molecule has 0 aromatic carbocycles. The molecule has 3 aromatic heterocycles. The number of fused-ring (bicyclic) bond motifs is 1. The fraction of sp³-hybridized carbons (Fsp3) is 0.312. The molecule has 0 unspecified atom stereocenters. The normalized spacial score (nSPS) is 15.8. The number of nitrogens with zero attached hydrogens (tertiary/aromatic N) is 4. The molecule has 6 nitrogen and oxygen atoms in total. The van der Waals surface area contributed by atoms with Crippen LogP contribution in [0.25, 0.3) is 10.2 Å². The minimum absolute atomic E-state index is 0.0415. The van der Waals surface area contributed by atoms with E-state index in [1.807, 2.05) is 10.3 Å². The molecule has 23 heavy (non-hydrogen) atoms. The van der Waals surface area contributed by atoms with E-state index in [-0.39, 0.29) is 5.91 Å². The summed E-state index contributed by atoms with van der Waals surface area (Å²) in [6, 6.07) is 5.52. The molecule has 3 aromatic rings. The van der Waals surface area contributed by atoms with Crippen molar-refractivity contribution in [2.45, 2.75) is 6.42 Å². The Hall–Kier alpha value is -2.41. The Labute approximate surface area is 137 Å². The van der Waals surface area contributed by atoms with Crippen LogP contribution in [-0.2, 0) is 0 Å². The summed E-state index contributed by atoms with van der Waals surface area (Å²) in [5, 5.41) is 3.12. The number of carbonyl (C=O) groups excluding carboxylic acids is 1.